The number of benzene rings is 1. The minimum atomic E-state index is -0.146. The minimum Gasteiger partial charge on any atom is -0.428 e. The molecular weight excluding hydrogens is 298 g/mol. The average molecular weight is 313 g/mol. The maximum atomic E-state index is 5.67. The first-order valence-corrected chi connectivity index (χ1v) is 7.59. The Morgan fingerprint density at radius 2 is 1.91 bits per heavy atom. The van der Waals surface area contributed by atoms with Crippen molar-refractivity contribution in [3.05, 3.63) is 54.5 Å². The molecule has 3 rings (SSSR count). The molecule has 22 heavy (non-hydrogen) atoms. The third-order valence-corrected chi connectivity index (χ3v) is 3.76. The molecule has 0 N–H and O–H groups in total. The zero-order valence-corrected chi connectivity index (χ0v) is 13.1. The highest BCUT2D eigenvalue weighted by Crippen LogP contribution is 2.26. The normalized spacial score (nSPS) is 12.1. The van der Waals surface area contributed by atoms with Gasteiger partial charge in [-0.05, 0) is 19.1 Å². The molecule has 1 aromatic carbocycles. The van der Waals surface area contributed by atoms with E-state index in [-0.39, 0.29) is 6.10 Å². The molecular formula is C16H15N3O2S. The third-order valence-electron chi connectivity index (χ3n) is 3.15. The zero-order chi connectivity index (χ0) is 15.4. The molecule has 3 aromatic rings. The van der Waals surface area contributed by atoms with Crippen LogP contribution in [0.3, 0.4) is 0 Å². The van der Waals surface area contributed by atoms with Crippen LogP contribution in [0.2, 0.25) is 0 Å². The lowest BCUT2D eigenvalue weighted by Crippen LogP contribution is -1.97. The number of aromatic nitrogens is 3. The van der Waals surface area contributed by atoms with Gasteiger partial charge >= 0.3 is 0 Å². The van der Waals surface area contributed by atoms with Gasteiger partial charge in [0.15, 0.2) is 5.82 Å². The van der Waals surface area contributed by atoms with E-state index in [9.17, 15) is 0 Å². The van der Waals surface area contributed by atoms with Gasteiger partial charge in [0.25, 0.3) is 5.19 Å². The number of hydrogen-bond acceptors (Lipinski definition) is 6. The first-order chi connectivity index (χ1) is 10.8. The van der Waals surface area contributed by atoms with Crippen molar-refractivity contribution in [3.8, 4) is 22.2 Å². The van der Waals surface area contributed by atoms with Gasteiger partial charge in [-0.3, -0.25) is 4.98 Å². The predicted octanol–water partition coefficient (Wildman–Crippen LogP) is 4.10. The summed E-state index contributed by atoms with van der Waals surface area (Å²) < 4.78 is 15.1. The minimum absolute atomic E-state index is 0.146. The van der Waals surface area contributed by atoms with Crippen LogP contribution in [0.1, 0.15) is 18.9 Å². The number of nitrogens with zero attached hydrogens (tertiary/aromatic N) is 3. The largest absolute Gasteiger partial charge is 0.428 e. The van der Waals surface area contributed by atoms with Gasteiger partial charge in [-0.15, -0.1) is 0 Å². The molecule has 0 aliphatic carbocycles. The highest BCUT2D eigenvalue weighted by Gasteiger charge is 2.12. The molecule has 0 saturated heterocycles. The van der Waals surface area contributed by atoms with Gasteiger partial charge in [-0.1, -0.05) is 30.3 Å². The standard InChI is InChI=1S/C16H15N3O2S/c1-11(20-2)15-18-16(22-19-15)21-13-8-9-14(17-10-13)12-6-4-3-5-7-12/h3-11H,1-2H3/t11-/m1/s1. The summed E-state index contributed by atoms with van der Waals surface area (Å²) in [5.74, 6) is 1.25. The van der Waals surface area contributed by atoms with Crippen LogP contribution in [0.4, 0.5) is 0 Å². The van der Waals surface area contributed by atoms with Crippen molar-refractivity contribution in [2.24, 2.45) is 0 Å². The van der Waals surface area contributed by atoms with Gasteiger partial charge in [-0.2, -0.15) is 9.36 Å². The molecule has 0 saturated carbocycles. The van der Waals surface area contributed by atoms with Crippen LogP contribution in [-0.4, -0.2) is 21.5 Å². The van der Waals surface area contributed by atoms with E-state index in [1.54, 1.807) is 13.3 Å². The number of methoxy groups -OCH3 is 1. The van der Waals surface area contributed by atoms with E-state index < -0.39 is 0 Å². The fourth-order valence-corrected chi connectivity index (χ4v) is 2.48. The third kappa shape index (κ3) is 3.29. The molecule has 5 nitrogen and oxygen atoms in total. The van der Waals surface area contributed by atoms with Crippen LogP contribution in [0.25, 0.3) is 11.3 Å². The fraction of sp³-hybridized carbons (Fsp3) is 0.188. The second kappa shape index (κ2) is 6.64. The summed E-state index contributed by atoms with van der Waals surface area (Å²) in [6.45, 7) is 1.89. The average Bonchev–Trinajstić information content (AvgIpc) is 3.04. The Kier molecular flexibility index (Phi) is 4.41. The molecule has 2 aromatic heterocycles. The van der Waals surface area contributed by atoms with E-state index in [0.717, 1.165) is 11.3 Å². The van der Waals surface area contributed by atoms with Gasteiger partial charge in [0.1, 0.15) is 11.9 Å². The lowest BCUT2D eigenvalue weighted by Gasteiger charge is -2.04. The van der Waals surface area contributed by atoms with E-state index >= 15 is 0 Å². The Labute approximate surface area is 132 Å². The molecule has 0 spiro atoms. The topological polar surface area (TPSA) is 57.1 Å². The summed E-state index contributed by atoms with van der Waals surface area (Å²) in [4.78, 5) is 8.70. The lowest BCUT2D eigenvalue weighted by atomic mass is 10.1. The van der Waals surface area contributed by atoms with Crippen LogP contribution in [0.5, 0.6) is 10.9 Å². The summed E-state index contributed by atoms with van der Waals surface area (Å²) in [6, 6.07) is 13.8. The molecule has 0 unspecified atom stereocenters. The van der Waals surface area contributed by atoms with E-state index in [1.165, 1.54) is 11.5 Å². The molecule has 0 amide bonds. The molecule has 0 bridgehead atoms. The molecule has 1 atom stereocenters. The van der Waals surface area contributed by atoms with Crippen molar-refractivity contribution in [1.82, 2.24) is 14.3 Å². The Hall–Kier alpha value is -2.31. The number of ether oxygens (including phenoxy) is 2. The van der Waals surface area contributed by atoms with Crippen molar-refractivity contribution in [2.75, 3.05) is 7.11 Å². The Morgan fingerprint density at radius 3 is 2.59 bits per heavy atom. The first-order valence-electron chi connectivity index (χ1n) is 6.82. The van der Waals surface area contributed by atoms with Crippen LogP contribution in [-0.2, 0) is 4.74 Å². The van der Waals surface area contributed by atoms with Crippen molar-refractivity contribution in [1.29, 1.82) is 0 Å². The van der Waals surface area contributed by atoms with Gasteiger partial charge in [-0.25, -0.2) is 0 Å². The molecule has 0 aliphatic rings. The van der Waals surface area contributed by atoms with Crippen LogP contribution in [0, 0.1) is 0 Å². The number of hydrogen-bond donors (Lipinski definition) is 0. The fourth-order valence-electron chi connectivity index (χ4n) is 1.85. The Morgan fingerprint density at radius 1 is 1.09 bits per heavy atom. The van der Waals surface area contributed by atoms with Crippen LogP contribution >= 0.6 is 11.5 Å². The summed E-state index contributed by atoms with van der Waals surface area (Å²) in [5.41, 5.74) is 1.97. The molecule has 6 heteroatoms. The van der Waals surface area contributed by atoms with E-state index in [2.05, 4.69) is 14.3 Å². The van der Waals surface area contributed by atoms with E-state index in [0.29, 0.717) is 16.8 Å². The zero-order valence-electron chi connectivity index (χ0n) is 12.3. The van der Waals surface area contributed by atoms with Gasteiger partial charge in [0.2, 0.25) is 0 Å². The van der Waals surface area contributed by atoms with Crippen LogP contribution in [0.15, 0.2) is 48.7 Å². The quantitative estimate of drug-likeness (QED) is 0.710. The smallest absolute Gasteiger partial charge is 0.298 e. The van der Waals surface area contributed by atoms with Crippen LogP contribution < -0.4 is 4.74 Å². The SMILES string of the molecule is CO[C@H](C)c1nsc(Oc2ccc(-c3ccccc3)nc2)n1. The maximum Gasteiger partial charge on any atom is 0.298 e. The summed E-state index contributed by atoms with van der Waals surface area (Å²) in [7, 11) is 1.62. The first kappa shape index (κ1) is 14.6. The maximum absolute atomic E-state index is 5.67. The summed E-state index contributed by atoms with van der Waals surface area (Å²) >= 11 is 1.20. The highest BCUT2D eigenvalue weighted by atomic mass is 32.1. The van der Waals surface area contributed by atoms with E-state index in [4.69, 9.17) is 9.47 Å². The van der Waals surface area contributed by atoms with Gasteiger partial charge < -0.3 is 9.47 Å². The monoisotopic (exact) mass is 313 g/mol. The molecule has 0 aliphatic heterocycles. The summed E-state index contributed by atoms with van der Waals surface area (Å²) in [5, 5.41) is 0.480. The number of pyridine rings is 1. The Bertz CT molecular complexity index is 729. The lowest BCUT2D eigenvalue weighted by molar-refractivity contribution is 0.113. The summed E-state index contributed by atoms with van der Waals surface area (Å²) in [6.07, 6.45) is 1.54. The van der Waals surface area contributed by atoms with Crippen molar-refractivity contribution >= 4 is 11.5 Å². The predicted molar refractivity (Wildman–Crippen MR) is 85.1 cm³/mol. The number of rotatable bonds is 5. The van der Waals surface area contributed by atoms with Gasteiger partial charge in [0, 0.05) is 24.2 Å². The second-order valence-electron chi connectivity index (χ2n) is 4.64. The second-order valence-corrected chi connectivity index (χ2v) is 5.36. The van der Waals surface area contributed by atoms with E-state index in [1.807, 2.05) is 49.4 Å². The van der Waals surface area contributed by atoms with Crippen molar-refractivity contribution < 1.29 is 9.47 Å². The van der Waals surface area contributed by atoms with Crippen molar-refractivity contribution in [3.63, 3.8) is 0 Å². The molecule has 2 heterocycles. The Balaban J connectivity index is 1.72. The highest BCUT2D eigenvalue weighted by molar-refractivity contribution is 7.07. The molecule has 0 fully saturated rings. The van der Waals surface area contributed by atoms with Crippen molar-refractivity contribution in [2.45, 2.75) is 13.0 Å². The molecule has 112 valence electrons. The molecule has 0 radical (unpaired) electrons. The van der Waals surface area contributed by atoms with Gasteiger partial charge in [0.05, 0.1) is 11.9 Å².